The highest BCUT2D eigenvalue weighted by Crippen LogP contribution is 2.28. The number of carbonyl (C=O) groups is 2. The predicted molar refractivity (Wildman–Crippen MR) is 69.6 cm³/mol. The van der Waals surface area contributed by atoms with E-state index in [4.69, 9.17) is 5.11 Å². The average molecular weight is 285 g/mol. The first-order valence-corrected chi connectivity index (χ1v) is 6.57. The van der Waals surface area contributed by atoms with E-state index in [2.05, 4.69) is 9.69 Å². The van der Waals surface area contributed by atoms with E-state index in [1.165, 1.54) is 11.9 Å². The van der Waals surface area contributed by atoms with Crippen molar-refractivity contribution >= 4 is 28.4 Å². The lowest BCUT2D eigenvalue weighted by Crippen LogP contribution is -2.41. The maximum Gasteiger partial charge on any atom is 0.340 e. The van der Waals surface area contributed by atoms with E-state index in [0.29, 0.717) is 23.7 Å². The number of hydrogen-bond donors (Lipinski definition) is 3. The Labute approximate surface area is 114 Å². The number of β-amino-alcohol motifs (C(OH)–C–C–N with tert-alkyl or cyclic N) is 1. The fourth-order valence-corrected chi connectivity index (χ4v) is 2.93. The van der Waals surface area contributed by atoms with Gasteiger partial charge in [-0.3, -0.25) is 4.79 Å². The number of anilines is 1. The smallest absolute Gasteiger partial charge is 0.340 e. The summed E-state index contributed by atoms with van der Waals surface area (Å²) >= 11 is 0.984. The molecule has 2 atom stereocenters. The Kier molecular flexibility index (Phi) is 3.83. The summed E-state index contributed by atoms with van der Waals surface area (Å²) in [7, 11) is 1.52. The van der Waals surface area contributed by atoms with Crippen LogP contribution in [-0.4, -0.2) is 52.2 Å². The monoisotopic (exact) mass is 285 g/mol. The molecule has 0 radical (unpaired) electrons. The van der Waals surface area contributed by atoms with Crippen LogP contribution in [0.25, 0.3) is 0 Å². The second kappa shape index (κ2) is 5.24. The Morgan fingerprint density at radius 2 is 2.21 bits per heavy atom. The molecule has 1 amide bonds. The number of aliphatic hydroxyl groups excluding tert-OH is 1. The summed E-state index contributed by atoms with van der Waals surface area (Å²) in [4.78, 5) is 24.7. The summed E-state index contributed by atoms with van der Waals surface area (Å²) in [5.41, 5.74) is 0.450. The molecule has 1 saturated heterocycles. The third-order valence-electron chi connectivity index (χ3n) is 3.10. The molecule has 2 rings (SSSR count). The van der Waals surface area contributed by atoms with Gasteiger partial charge in [-0.15, -0.1) is 0 Å². The fourth-order valence-electron chi connectivity index (χ4n) is 2.07. The number of carboxylic acid groups (broad SMARTS) is 1. The summed E-state index contributed by atoms with van der Waals surface area (Å²) in [5, 5.41) is 21.8. The third-order valence-corrected chi connectivity index (χ3v) is 4.12. The van der Waals surface area contributed by atoms with Crippen molar-refractivity contribution in [3.8, 4) is 0 Å². The zero-order valence-electron chi connectivity index (χ0n) is 10.6. The highest BCUT2D eigenvalue weighted by Gasteiger charge is 2.33. The van der Waals surface area contributed by atoms with Crippen LogP contribution in [0.4, 0.5) is 5.00 Å². The molecular weight excluding hydrogens is 270 g/mol. The molecule has 7 nitrogen and oxygen atoms in total. The molecule has 1 fully saturated rings. The molecule has 1 aromatic heterocycles. The van der Waals surface area contributed by atoms with Gasteiger partial charge in [0.15, 0.2) is 0 Å². The largest absolute Gasteiger partial charge is 0.478 e. The Bertz CT molecular complexity index is 516. The van der Waals surface area contributed by atoms with Crippen LogP contribution in [0.2, 0.25) is 0 Å². The van der Waals surface area contributed by atoms with E-state index in [0.717, 1.165) is 11.5 Å². The molecule has 1 aliphatic rings. The van der Waals surface area contributed by atoms with Gasteiger partial charge >= 0.3 is 5.97 Å². The number of rotatable bonds is 3. The van der Waals surface area contributed by atoms with Crippen molar-refractivity contribution < 1.29 is 19.8 Å². The lowest BCUT2D eigenvalue weighted by molar-refractivity contribution is -0.120. The average Bonchev–Trinajstić information content (AvgIpc) is 2.93. The molecule has 8 heteroatoms. The van der Waals surface area contributed by atoms with Crippen molar-refractivity contribution in [2.24, 2.45) is 0 Å². The maximum atomic E-state index is 12.2. The van der Waals surface area contributed by atoms with Gasteiger partial charge in [0.25, 0.3) is 0 Å². The minimum atomic E-state index is -1.10. The van der Waals surface area contributed by atoms with Crippen LogP contribution in [0, 0.1) is 6.92 Å². The molecule has 2 heterocycles. The zero-order valence-corrected chi connectivity index (χ0v) is 11.4. The molecule has 0 bridgehead atoms. The Hall–Kier alpha value is -1.51. The molecule has 0 saturated carbocycles. The second-order valence-electron chi connectivity index (χ2n) is 4.50. The summed E-state index contributed by atoms with van der Waals surface area (Å²) in [5.74, 6) is -1.36. The number of aromatic nitrogens is 1. The number of aliphatic hydroxyl groups is 1. The van der Waals surface area contributed by atoms with E-state index in [1.807, 2.05) is 0 Å². The molecule has 3 N–H and O–H groups in total. The van der Waals surface area contributed by atoms with Crippen LogP contribution < -0.4 is 10.2 Å². The van der Waals surface area contributed by atoms with Gasteiger partial charge < -0.3 is 20.4 Å². The third kappa shape index (κ3) is 2.60. The number of carboxylic acids is 1. The Morgan fingerprint density at radius 1 is 1.53 bits per heavy atom. The zero-order chi connectivity index (χ0) is 14.2. The minimum Gasteiger partial charge on any atom is -0.478 e. The van der Waals surface area contributed by atoms with E-state index in [-0.39, 0.29) is 11.5 Å². The summed E-state index contributed by atoms with van der Waals surface area (Å²) in [6.45, 7) is 1.97. The van der Waals surface area contributed by atoms with Crippen molar-refractivity contribution in [2.45, 2.75) is 25.5 Å². The van der Waals surface area contributed by atoms with Gasteiger partial charge in [0, 0.05) is 13.6 Å². The van der Waals surface area contributed by atoms with Crippen molar-refractivity contribution in [3.05, 3.63) is 11.3 Å². The predicted octanol–water partition coefficient (Wildman–Crippen LogP) is -0.165. The van der Waals surface area contributed by atoms with Crippen molar-refractivity contribution in [1.29, 1.82) is 0 Å². The topological polar surface area (TPSA) is 103 Å². The van der Waals surface area contributed by atoms with Crippen LogP contribution in [0.3, 0.4) is 0 Å². The Morgan fingerprint density at radius 3 is 2.74 bits per heavy atom. The number of amides is 1. The number of carbonyl (C=O) groups excluding carboxylic acids is 1. The van der Waals surface area contributed by atoms with Crippen molar-refractivity contribution in [1.82, 2.24) is 9.69 Å². The maximum absolute atomic E-state index is 12.2. The van der Waals surface area contributed by atoms with Crippen LogP contribution in [0.15, 0.2) is 0 Å². The van der Waals surface area contributed by atoms with Crippen LogP contribution in [0.5, 0.6) is 0 Å². The van der Waals surface area contributed by atoms with E-state index < -0.39 is 18.1 Å². The molecule has 2 unspecified atom stereocenters. The van der Waals surface area contributed by atoms with Crippen LogP contribution >= 0.6 is 11.5 Å². The minimum absolute atomic E-state index is 0.0550. The molecule has 1 aromatic rings. The number of nitrogens with zero attached hydrogens (tertiary/aromatic N) is 2. The first-order valence-electron chi connectivity index (χ1n) is 5.80. The number of aromatic carboxylic acids is 1. The molecule has 0 aliphatic carbocycles. The summed E-state index contributed by atoms with van der Waals surface area (Å²) in [6, 6.07) is -0.482. The lowest BCUT2D eigenvalue weighted by atomic mass is 10.1. The first kappa shape index (κ1) is 13.9. The van der Waals surface area contributed by atoms with E-state index in [9.17, 15) is 14.7 Å². The fraction of sp³-hybridized carbons (Fsp3) is 0.545. The molecule has 0 spiro atoms. The summed E-state index contributed by atoms with van der Waals surface area (Å²) in [6.07, 6.45) is -0.201. The highest BCUT2D eigenvalue weighted by molar-refractivity contribution is 7.11. The van der Waals surface area contributed by atoms with Gasteiger partial charge in [0.05, 0.1) is 17.8 Å². The number of likely N-dealkylation sites (N-methyl/N-ethyl adjacent to an activating group) is 1. The number of hydrogen-bond acceptors (Lipinski definition) is 6. The Balaban J connectivity index is 2.22. The quantitative estimate of drug-likeness (QED) is 0.713. The van der Waals surface area contributed by atoms with E-state index >= 15 is 0 Å². The number of aryl methyl sites for hydroxylation is 1. The van der Waals surface area contributed by atoms with Gasteiger partial charge in [0.2, 0.25) is 5.91 Å². The first-order chi connectivity index (χ1) is 8.91. The standard InChI is InChI=1S/C11H15N3O4S/c1-5-8(11(17)18)10(19-13-5)14(2)9(16)7-3-6(15)4-12-7/h6-7,12,15H,3-4H2,1-2H3,(H,17,18). The normalized spacial score (nSPS) is 22.5. The van der Waals surface area contributed by atoms with Gasteiger partial charge in [-0.1, -0.05) is 0 Å². The number of nitrogens with one attached hydrogen (secondary N) is 1. The second-order valence-corrected chi connectivity index (χ2v) is 5.25. The van der Waals surface area contributed by atoms with Crippen molar-refractivity contribution in [3.63, 3.8) is 0 Å². The highest BCUT2D eigenvalue weighted by atomic mass is 32.1. The van der Waals surface area contributed by atoms with Gasteiger partial charge in [0.1, 0.15) is 10.6 Å². The molecule has 19 heavy (non-hydrogen) atoms. The lowest BCUT2D eigenvalue weighted by Gasteiger charge is -2.19. The summed E-state index contributed by atoms with van der Waals surface area (Å²) < 4.78 is 3.98. The van der Waals surface area contributed by atoms with Gasteiger partial charge in [-0.25, -0.2) is 4.79 Å². The molecule has 0 aromatic carbocycles. The van der Waals surface area contributed by atoms with Crippen molar-refractivity contribution in [2.75, 3.05) is 18.5 Å². The van der Waals surface area contributed by atoms with Crippen LogP contribution in [0.1, 0.15) is 22.5 Å². The molecule has 1 aliphatic heterocycles. The molecular formula is C11H15N3O4S. The van der Waals surface area contributed by atoms with Gasteiger partial charge in [-0.2, -0.15) is 4.37 Å². The van der Waals surface area contributed by atoms with Gasteiger partial charge in [-0.05, 0) is 24.9 Å². The molecule has 104 valence electrons. The van der Waals surface area contributed by atoms with Crippen LogP contribution in [-0.2, 0) is 4.79 Å². The SMILES string of the molecule is Cc1nsc(N(C)C(=O)C2CC(O)CN2)c1C(=O)O. The van der Waals surface area contributed by atoms with E-state index in [1.54, 1.807) is 6.92 Å².